The van der Waals surface area contributed by atoms with Gasteiger partial charge in [0.1, 0.15) is 12.3 Å². The Morgan fingerprint density at radius 1 is 1.32 bits per heavy atom. The average Bonchev–Trinajstić information content (AvgIpc) is 2.42. The molecule has 0 unspecified atom stereocenters. The fourth-order valence-electron chi connectivity index (χ4n) is 1.82. The Balaban J connectivity index is 2.41. The predicted octanol–water partition coefficient (Wildman–Crippen LogP) is 0.470. The van der Waals surface area contributed by atoms with Crippen molar-refractivity contribution in [3.05, 3.63) is 45.1 Å². The van der Waals surface area contributed by atoms with Gasteiger partial charge in [0.25, 0.3) is 5.56 Å². The molecule has 0 amide bonds. The van der Waals surface area contributed by atoms with E-state index in [2.05, 4.69) is 10.1 Å². The lowest BCUT2D eigenvalue weighted by molar-refractivity contribution is -0.138. The molecule has 0 spiro atoms. The number of aliphatic carboxylic acids is 1. The van der Waals surface area contributed by atoms with Crippen molar-refractivity contribution in [1.29, 1.82) is 0 Å². The standard InChI is InChI=1S/C14H15N3O5/c1-8(2)22-10-5-3-9(4-6-10)12-13(20)15-14(21)17(16-12)7-11(18)19/h3-6,8H,7H2,1-2H3,(H,18,19)(H,15,20,21). The molecule has 2 N–H and O–H groups in total. The van der Waals surface area contributed by atoms with E-state index >= 15 is 0 Å². The smallest absolute Gasteiger partial charge is 0.345 e. The van der Waals surface area contributed by atoms with Crippen LogP contribution in [0.15, 0.2) is 33.9 Å². The first kappa shape index (κ1) is 15.5. The van der Waals surface area contributed by atoms with Crippen molar-refractivity contribution in [2.75, 3.05) is 0 Å². The highest BCUT2D eigenvalue weighted by atomic mass is 16.5. The van der Waals surface area contributed by atoms with Crippen molar-refractivity contribution in [3.8, 4) is 17.0 Å². The monoisotopic (exact) mass is 305 g/mol. The molecule has 2 rings (SSSR count). The third-order valence-corrected chi connectivity index (χ3v) is 2.68. The quantitative estimate of drug-likeness (QED) is 0.830. The van der Waals surface area contributed by atoms with Crippen LogP contribution in [0.3, 0.4) is 0 Å². The summed E-state index contributed by atoms with van der Waals surface area (Å²) in [4.78, 5) is 36.1. The van der Waals surface area contributed by atoms with E-state index in [0.29, 0.717) is 16.0 Å². The number of hydrogen-bond donors (Lipinski definition) is 2. The Morgan fingerprint density at radius 2 is 1.95 bits per heavy atom. The van der Waals surface area contributed by atoms with Crippen LogP contribution >= 0.6 is 0 Å². The van der Waals surface area contributed by atoms with E-state index in [1.165, 1.54) is 0 Å². The zero-order valence-electron chi connectivity index (χ0n) is 12.1. The topological polar surface area (TPSA) is 114 Å². The minimum Gasteiger partial charge on any atom is -0.491 e. The first-order valence-electron chi connectivity index (χ1n) is 6.57. The molecule has 2 aromatic rings. The van der Waals surface area contributed by atoms with Crippen molar-refractivity contribution < 1.29 is 14.6 Å². The highest BCUT2D eigenvalue weighted by Crippen LogP contribution is 2.18. The Hall–Kier alpha value is -2.90. The number of hydrogen-bond acceptors (Lipinski definition) is 5. The summed E-state index contributed by atoms with van der Waals surface area (Å²) in [6.45, 7) is 3.15. The molecule has 0 atom stereocenters. The van der Waals surface area contributed by atoms with E-state index in [9.17, 15) is 14.4 Å². The molecule has 0 saturated heterocycles. The van der Waals surface area contributed by atoms with Crippen LogP contribution in [0.4, 0.5) is 0 Å². The second-order valence-electron chi connectivity index (χ2n) is 4.85. The molecule has 0 fully saturated rings. The number of benzene rings is 1. The van der Waals surface area contributed by atoms with Gasteiger partial charge in [-0.3, -0.25) is 14.6 Å². The van der Waals surface area contributed by atoms with Gasteiger partial charge in [-0.05, 0) is 38.1 Å². The molecule has 0 bridgehead atoms. The SMILES string of the molecule is CC(C)Oc1ccc(-c2nn(CC(=O)O)c(=O)[nH]c2=O)cc1. The van der Waals surface area contributed by atoms with Gasteiger partial charge >= 0.3 is 11.7 Å². The highest BCUT2D eigenvalue weighted by molar-refractivity contribution is 5.66. The maximum atomic E-state index is 11.8. The molecule has 1 heterocycles. The van der Waals surface area contributed by atoms with Crippen molar-refractivity contribution in [3.63, 3.8) is 0 Å². The Morgan fingerprint density at radius 3 is 2.50 bits per heavy atom. The average molecular weight is 305 g/mol. The summed E-state index contributed by atoms with van der Waals surface area (Å²) >= 11 is 0. The lowest BCUT2D eigenvalue weighted by Crippen LogP contribution is -2.35. The van der Waals surface area contributed by atoms with E-state index in [4.69, 9.17) is 9.84 Å². The van der Waals surface area contributed by atoms with Crippen molar-refractivity contribution in [2.24, 2.45) is 0 Å². The van der Waals surface area contributed by atoms with Crippen LogP contribution in [0, 0.1) is 0 Å². The molecule has 8 heteroatoms. The van der Waals surface area contributed by atoms with Crippen LogP contribution in [-0.4, -0.2) is 31.9 Å². The van der Waals surface area contributed by atoms with Crippen LogP contribution in [0.25, 0.3) is 11.3 Å². The van der Waals surface area contributed by atoms with Gasteiger partial charge in [0.2, 0.25) is 0 Å². The fraction of sp³-hybridized carbons (Fsp3) is 0.286. The number of carboxylic acids is 1. The Kier molecular flexibility index (Phi) is 4.40. The van der Waals surface area contributed by atoms with Crippen molar-refractivity contribution in [1.82, 2.24) is 14.8 Å². The van der Waals surface area contributed by atoms with Gasteiger partial charge in [0, 0.05) is 5.56 Å². The van der Waals surface area contributed by atoms with Gasteiger partial charge in [0.15, 0.2) is 5.69 Å². The second kappa shape index (κ2) is 6.25. The summed E-state index contributed by atoms with van der Waals surface area (Å²) in [5.41, 5.74) is -1.12. The number of ether oxygens (including phenoxy) is 1. The van der Waals surface area contributed by atoms with Crippen LogP contribution in [0.2, 0.25) is 0 Å². The lowest BCUT2D eigenvalue weighted by atomic mass is 10.1. The second-order valence-corrected chi connectivity index (χ2v) is 4.85. The first-order chi connectivity index (χ1) is 10.4. The summed E-state index contributed by atoms with van der Waals surface area (Å²) < 4.78 is 6.18. The molecule has 1 aromatic carbocycles. The van der Waals surface area contributed by atoms with E-state index in [1.807, 2.05) is 13.8 Å². The van der Waals surface area contributed by atoms with Crippen molar-refractivity contribution >= 4 is 5.97 Å². The molecule has 8 nitrogen and oxygen atoms in total. The predicted molar refractivity (Wildman–Crippen MR) is 78.0 cm³/mol. The minimum atomic E-state index is -1.23. The maximum absolute atomic E-state index is 11.8. The molecular weight excluding hydrogens is 290 g/mol. The summed E-state index contributed by atoms with van der Waals surface area (Å²) in [6, 6.07) is 6.57. The molecule has 0 aliphatic heterocycles. The summed E-state index contributed by atoms with van der Waals surface area (Å²) in [7, 11) is 0. The number of H-pyrrole nitrogens is 1. The summed E-state index contributed by atoms with van der Waals surface area (Å²) in [6.07, 6.45) is 0.0184. The van der Waals surface area contributed by atoms with Crippen LogP contribution in [0.1, 0.15) is 13.8 Å². The number of rotatable bonds is 5. The summed E-state index contributed by atoms with van der Waals surface area (Å²) in [5.74, 6) is -0.595. The number of nitrogens with zero attached hydrogens (tertiary/aromatic N) is 2. The molecule has 116 valence electrons. The zero-order valence-corrected chi connectivity index (χ0v) is 12.1. The van der Waals surface area contributed by atoms with Gasteiger partial charge in [-0.1, -0.05) is 0 Å². The van der Waals surface area contributed by atoms with Gasteiger partial charge in [-0.2, -0.15) is 5.10 Å². The first-order valence-corrected chi connectivity index (χ1v) is 6.57. The number of carboxylic acid groups (broad SMARTS) is 1. The third-order valence-electron chi connectivity index (χ3n) is 2.68. The molecule has 1 aromatic heterocycles. The van der Waals surface area contributed by atoms with E-state index < -0.39 is 23.8 Å². The van der Waals surface area contributed by atoms with Gasteiger partial charge in [-0.25, -0.2) is 9.48 Å². The number of aromatic nitrogens is 3. The van der Waals surface area contributed by atoms with Crippen LogP contribution in [-0.2, 0) is 11.3 Å². The Bertz CT molecular complexity index is 789. The third kappa shape index (κ3) is 3.60. The number of carbonyl (C=O) groups is 1. The highest BCUT2D eigenvalue weighted by Gasteiger charge is 2.11. The molecule has 0 aliphatic rings. The summed E-state index contributed by atoms with van der Waals surface area (Å²) in [5, 5.41) is 12.5. The number of nitrogens with one attached hydrogen (secondary N) is 1. The van der Waals surface area contributed by atoms with E-state index in [0.717, 1.165) is 0 Å². The van der Waals surface area contributed by atoms with Crippen LogP contribution in [0.5, 0.6) is 5.75 Å². The normalized spacial score (nSPS) is 10.7. The molecule has 22 heavy (non-hydrogen) atoms. The van der Waals surface area contributed by atoms with E-state index in [-0.39, 0.29) is 11.8 Å². The van der Waals surface area contributed by atoms with Gasteiger partial charge in [-0.15, -0.1) is 0 Å². The lowest BCUT2D eigenvalue weighted by Gasteiger charge is -2.10. The number of aromatic amines is 1. The minimum absolute atomic E-state index is 0.0184. The van der Waals surface area contributed by atoms with Crippen molar-refractivity contribution in [2.45, 2.75) is 26.5 Å². The maximum Gasteiger partial charge on any atom is 0.345 e. The van der Waals surface area contributed by atoms with Crippen LogP contribution < -0.4 is 16.0 Å². The van der Waals surface area contributed by atoms with Gasteiger partial charge < -0.3 is 9.84 Å². The molecule has 0 aliphatic carbocycles. The zero-order chi connectivity index (χ0) is 16.3. The van der Waals surface area contributed by atoms with E-state index in [1.54, 1.807) is 24.3 Å². The molecular formula is C14H15N3O5. The van der Waals surface area contributed by atoms with Gasteiger partial charge in [0.05, 0.1) is 6.10 Å². The largest absolute Gasteiger partial charge is 0.491 e. The molecule has 0 radical (unpaired) electrons. The molecule has 0 saturated carbocycles. The fourth-order valence-corrected chi connectivity index (χ4v) is 1.82. The Labute approximate surface area is 125 Å².